The van der Waals surface area contributed by atoms with Gasteiger partial charge in [-0.2, -0.15) is 0 Å². The lowest BCUT2D eigenvalue weighted by atomic mass is 10.3. The van der Waals surface area contributed by atoms with Gasteiger partial charge in [-0.15, -0.1) is 11.3 Å². The summed E-state index contributed by atoms with van der Waals surface area (Å²) in [5.74, 6) is 0.789. The first kappa shape index (κ1) is 13.3. The molecule has 1 N–H and O–H groups in total. The minimum absolute atomic E-state index is 0.207. The molecule has 0 aliphatic carbocycles. The molecule has 7 heteroatoms. The number of halogens is 1. The van der Waals surface area contributed by atoms with E-state index in [0.29, 0.717) is 0 Å². The molecule has 0 radical (unpaired) electrons. The largest absolute Gasteiger partial charge is 0.365 e. The molecule has 3 aromatic rings. The van der Waals surface area contributed by atoms with E-state index in [0.717, 1.165) is 22.6 Å². The molecular weight excluding hydrogens is 294 g/mol. The van der Waals surface area contributed by atoms with Crippen molar-refractivity contribution in [3.63, 3.8) is 0 Å². The SMILES string of the molecule is Cc1cc2c(NC(C)Cn3ccnc3)nc(Cl)nc2s1. The van der Waals surface area contributed by atoms with Crippen LogP contribution in [0.15, 0.2) is 24.8 Å². The maximum atomic E-state index is 5.99. The Morgan fingerprint density at radius 1 is 1.45 bits per heavy atom. The third-order valence-electron chi connectivity index (χ3n) is 2.92. The summed E-state index contributed by atoms with van der Waals surface area (Å²) >= 11 is 7.61. The van der Waals surface area contributed by atoms with Crippen molar-refractivity contribution < 1.29 is 0 Å². The number of hydrogen-bond donors (Lipinski definition) is 1. The van der Waals surface area contributed by atoms with Crippen molar-refractivity contribution in [2.24, 2.45) is 0 Å². The molecule has 0 saturated heterocycles. The Bertz CT molecular complexity index is 722. The van der Waals surface area contributed by atoms with Crippen LogP contribution in [0, 0.1) is 6.92 Å². The zero-order chi connectivity index (χ0) is 14.1. The van der Waals surface area contributed by atoms with Crippen LogP contribution in [0.2, 0.25) is 5.28 Å². The van der Waals surface area contributed by atoms with Gasteiger partial charge < -0.3 is 9.88 Å². The molecule has 0 aromatic carbocycles. The van der Waals surface area contributed by atoms with Gasteiger partial charge in [0.1, 0.15) is 10.6 Å². The number of thiophene rings is 1. The fourth-order valence-corrected chi connectivity index (χ4v) is 3.21. The van der Waals surface area contributed by atoms with Crippen LogP contribution in [0.1, 0.15) is 11.8 Å². The first-order valence-corrected chi connectivity index (χ1v) is 7.47. The highest BCUT2D eigenvalue weighted by Gasteiger charge is 2.12. The van der Waals surface area contributed by atoms with Gasteiger partial charge in [-0.3, -0.25) is 0 Å². The van der Waals surface area contributed by atoms with Gasteiger partial charge in [0.2, 0.25) is 5.28 Å². The van der Waals surface area contributed by atoms with E-state index in [1.165, 1.54) is 4.88 Å². The first-order chi connectivity index (χ1) is 9.61. The Hall–Kier alpha value is -1.66. The monoisotopic (exact) mass is 307 g/mol. The Morgan fingerprint density at radius 3 is 3.05 bits per heavy atom. The summed E-state index contributed by atoms with van der Waals surface area (Å²) in [6, 6.07) is 2.29. The molecule has 0 spiro atoms. The maximum absolute atomic E-state index is 5.99. The molecule has 1 atom stereocenters. The lowest BCUT2D eigenvalue weighted by molar-refractivity contribution is 0.617. The number of anilines is 1. The normalized spacial score (nSPS) is 12.8. The standard InChI is InChI=1S/C13H14ClN5S/c1-8(6-19-4-3-15-7-19)16-11-10-5-9(2)20-12(10)18-13(14)17-11/h3-5,7-8H,6H2,1-2H3,(H,16,17,18). The van der Waals surface area contributed by atoms with Gasteiger partial charge in [0.05, 0.1) is 11.7 Å². The second-order valence-electron chi connectivity index (χ2n) is 4.72. The Morgan fingerprint density at radius 2 is 2.30 bits per heavy atom. The fourth-order valence-electron chi connectivity index (χ4n) is 2.12. The van der Waals surface area contributed by atoms with E-state index in [1.54, 1.807) is 23.9 Å². The first-order valence-electron chi connectivity index (χ1n) is 6.28. The zero-order valence-corrected chi connectivity index (χ0v) is 12.7. The lowest BCUT2D eigenvalue weighted by Gasteiger charge is -2.15. The number of hydrogen-bond acceptors (Lipinski definition) is 5. The van der Waals surface area contributed by atoms with Crippen LogP contribution in [0.5, 0.6) is 0 Å². The minimum Gasteiger partial charge on any atom is -0.365 e. The summed E-state index contributed by atoms with van der Waals surface area (Å²) in [7, 11) is 0. The van der Waals surface area contributed by atoms with Crippen molar-refractivity contribution in [1.29, 1.82) is 0 Å². The molecule has 0 saturated carbocycles. The van der Waals surface area contributed by atoms with Crippen molar-refractivity contribution in [2.45, 2.75) is 26.4 Å². The molecule has 3 aromatic heterocycles. The number of aromatic nitrogens is 4. The van der Waals surface area contributed by atoms with Crippen LogP contribution in [0.3, 0.4) is 0 Å². The highest BCUT2D eigenvalue weighted by molar-refractivity contribution is 7.18. The van der Waals surface area contributed by atoms with Gasteiger partial charge in [-0.1, -0.05) is 0 Å². The molecule has 3 rings (SSSR count). The molecule has 1 unspecified atom stereocenters. The van der Waals surface area contributed by atoms with E-state index >= 15 is 0 Å². The van der Waals surface area contributed by atoms with Crippen LogP contribution in [-0.4, -0.2) is 25.6 Å². The van der Waals surface area contributed by atoms with Crippen LogP contribution in [0.25, 0.3) is 10.2 Å². The minimum atomic E-state index is 0.207. The average molecular weight is 308 g/mol. The van der Waals surface area contributed by atoms with Gasteiger partial charge in [0.25, 0.3) is 0 Å². The predicted octanol–water partition coefficient (Wildman–Crippen LogP) is 3.35. The lowest BCUT2D eigenvalue weighted by Crippen LogP contribution is -2.22. The van der Waals surface area contributed by atoms with E-state index < -0.39 is 0 Å². The van der Waals surface area contributed by atoms with Crippen molar-refractivity contribution in [1.82, 2.24) is 19.5 Å². The molecule has 3 heterocycles. The Kier molecular flexibility index (Phi) is 3.58. The van der Waals surface area contributed by atoms with Crippen molar-refractivity contribution >= 4 is 39.0 Å². The van der Waals surface area contributed by atoms with Crippen LogP contribution in [-0.2, 0) is 6.54 Å². The number of rotatable bonds is 4. The van der Waals surface area contributed by atoms with Gasteiger partial charge in [-0.05, 0) is 31.5 Å². The molecule has 0 aliphatic rings. The van der Waals surface area contributed by atoms with Crippen molar-refractivity contribution in [3.8, 4) is 0 Å². The second-order valence-corrected chi connectivity index (χ2v) is 6.29. The number of nitrogens with zero attached hydrogens (tertiary/aromatic N) is 4. The van der Waals surface area contributed by atoms with Gasteiger partial charge >= 0.3 is 0 Å². The summed E-state index contributed by atoms with van der Waals surface area (Å²) in [5, 5.41) is 4.70. The third kappa shape index (κ3) is 2.76. The van der Waals surface area contributed by atoms with E-state index in [2.05, 4.69) is 40.2 Å². The average Bonchev–Trinajstić information content (AvgIpc) is 2.97. The zero-order valence-electron chi connectivity index (χ0n) is 11.2. The van der Waals surface area contributed by atoms with Gasteiger partial charge in [0, 0.05) is 29.9 Å². The van der Waals surface area contributed by atoms with E-state index in [-0.39, 0.29) is 11.3 Å². The van der Waals surface area contributed by atoms with Crippen molar-refractivity contribution in [2.75, 3.05) is 5.32 Å². The summed E-state index contributed by atoms with van der Waals surface area (Å²) in [6.07, 6.45) is 5.51. The smallest absolute Gasteiger partial charge is 0.225 e. The third-order valence-corrected chi connectivity index (χ3v) is 4.03. The van der Waals surface area contributed by atoms with Crippen molar-refractivity contribution in [3.05, 3.63) is 34.9 Å². The quantitative estimate of drug-likeness (QED) is 0.751. The number of imidazole rings is 1. The summed E-state index contributed by atoms with van der Waals surface area (Å²) < 4.78 is 2.02. The van der Waals surface area contributed by atoms with Crippen LogP contribution >= 0.6 is 22.9 Å². The van der Waals surface area contributed by atoms with E-state index in [9.17, 15) is 0 Å². The molecule has 0 amide bonds. The van der Waals surface area contributed by atoms with Gasteiger partial charge in [0.15, 0.2) is 0 Å². The highest BCUT2D eigenvalue weighted by atomic mass is 35.5. The molecule has 104 valence electrons. The summed E-state index contributed by atoms with van der Waals surface area (Å²) in [5.41, 5.74) is 0. The fraction of sp³-hybridized carbons (Fsp3) is 0.308. The predicted molar refractivity (Wildman–Crippen MR) is 82.5 cm³/mol. The summed E-state index contributed by atoms with van der Waals surface area (Å²) in [4.78, 5) is 14.7. The summed E-state index contributed by atoms with van der Waals surface area (Å²) in [6.45, 7) is 4.96. The second kappa shape index (κ2) is 5.38. The van der Waals surface area contributed by atoms with Crippen LogP contribution < -0.4 is 5.32 Å². The molecule has 0 fully saturated rings. The molecular formula is C13H14ClN5S. The van der Waals surface area contributed by atoms with Gasteiger partial charge in [-0.25, -0.2) is 15.0 Å². The van der Waals surface area contributed by atoms with E-state index in [1.807, 2.05) is 10.8 Å². The molecule has 0 aliphatic heterocycles. The number of fused-ring (bicyclic) bond motifs is 1. The Labute approximate surface area is 125 Å². The van der Waals surface area contributed by atoms with Crippen LogP contribution in [0.4, 0.5) is 5.82 Å². The molecule has 20 heavy (non-hydrogen) atoms. The molecule has 0 bridgehead atoms. The molecule has 5 nitrogen and oxygen atoms in total. The Balaban J connectivity index is 1.86. The topological polar surface area (TPSA) is 55.6 Å². The number of aryl methyl sites for hydroxylation is 1. The number of nitrogens with one attached hydrogen (secondary N) is 1. The maximum Gasteiger partial charge on any atom is 0.225 e. The van der Waals surface area contributed by atoms with E-state index in [4.69, 9.17) is 11.6 Å². The highest BCUT2D eigenvalue weighted by Crippen LogP contribution is 2.29.